The predicted octanol–water partition coefficient (Wildman–Crippen LogP) is 3.03. The van der Waals surface area contributed by atoms with Gasteiger partial charge >= 0.3 is 0 Å². The standard InChI is InChI=1S/C19H18FN3O2/c1-12-10-23(11-17(25-12)13-6-8-14(20)9-7-13)19-21-16-5-3-2-4-15(16)18(24)22-19/h2-9,12,17H,10-11H2,1H3,(H,21,22,24). The maximum absolute atomic E-state index is 13.2. The molecule has 1 aromatic heterocycles. The van der Waals surface area contributed by atoms with Crippen molar-refractivity contribution in [1.82, 2.24) is 9.97 Å². The van der Waals surface area contributed by atoms with Crippen molar-refractivity contribution >= 4 is 16.9 Å². The monoisotopic (exact) mass is 339 g/mol. The Hall–Kier alpha value is -2.73. The van der Waals surface area contributed by atoms with Crippen LogP contribution in [0.25, 0.3) is 10.9 Å². The molecule has 2 atom stereocenters. The first-order chi connectivity index (χ1) is 12.1. The summed E-state index contributed by atoms with van der Waals surface area (Å²) in [6.45, 7) is 3.14. The minimum Gasteiger partial charge on any atom is -0.367 e. The minimum atomic E-state index is -0.273. The highest BCUT2D eigenvalue weighted by atomic mass is 19.1. The quantitative estimate of drug-likeness (QED) is 0.780. The Labute approximate surface area is 144 Å². The molecule has 1 fully saturated rings. The molecule has 1 aliphatic heterocycles. The number of aromatic amines is 1. The molecule has 5 nitrogen and oxygen atoms in total. The van der Waals surface area contributed by atoms with Gasteiger partial charge in [0.2, 0.25) is 5.95 Å². The molecule has 3 aromatic rings. The number of morpholine rings is 1. The zero-order chi connectivity index (χ0) is 17.4. The number of fused-ring (bicyclic) bond motifs is 1. The number of aromatic nitrogens is 2. The summed E-state index contributed by atoms with van der Waals surface area (Å²) < 4.78 is 19.2. The van der Waals surface area contributed by atoms with Crippen LogP contribution >= 0.6 is 0 Å². The fraction of sp³-hybridized carbons (Fsp3) is 0.263. The van der Waals surface area contributed by atoms with Crippen LogP contribution < -0.4 is 10.5 Å². The highest BCUT2D eigenvalue weighted by Crippen LogP contribution is 2.27. The number of rotatable bonds is 2. The molecule has 2 heterocycles. The largest absolute Gasteiger partial charge is 0.367 e. The van der Waals surface area contributed by atoms with E-state index in [-0.39, 0.29) is 23.6 Å². The highest BCUT2D eigenvalue weighted by Gasteiger charge is 2.28. The molecule has 0 spiro atoms. The first-order valence-corrected chi connectivity index (χ1v) is 8.25. The smallest absolute Gasteiger partial charge is 0.260 e. The second-order valence-corrected chi connectivity index (χ2v) is 6.30. The van der Waals surface area contributed by atoms with Crippen molar-refractivity contribution in [3.05, 3.63) is 70.3 Å². The van der Waals surface area contributed by atoms with Crippen LogP contribution in [0.4, 0.5) is 10.3 Å². The van der Waals surface area contributed by atoms with E-state index in [1.54, 1.807) is 18.2 Å². The molecule has 1 N–H and O–H groups in total. The van der Waals surface area contributed by atoms with E-state index in [0.29, 0.717) is 29.9 Å². The molecule has 2 unspecified atom stereocenters. The maximum Gasteiger partial charge on any atom is 0.260 e. The number of nitrogens with one attached hydrogen (secondary N) is 1. The van der Waals surface area contributed by atoms with Gasteiger partial charge < -0.3 is 9.64 Å². The third-order valence-electron chi connectivity index (χ3n) is 4.40. The molecule has 25 heavy (non-hydrogen) atoms. The lowest BCUT2D eigenvalue weighted by atomic mass is 10.1. The molecule has 0 bridgehead atoms. The highest BCUT2D eigenvalue weighted by molar-refractivity contribution is 5.78. The first kappa shape index (κ1) is 15.8. The lowest BCUT2D eigenvalue weighted by Gasteiger charge is -2.37. The van der Waals surface area contributed by atoms with Gasteiger partial charge in [-0.2, -0.15) is 0 Å². The molecule has 1 aliphatic rings. The normalized spacial score (nSPS) is 20.8. The van der Waals surface area contributed by atoms with Crippen LogP contribution in [0, 0.1) is 5.82 Å². The summed E-state index contributed by atoms with van der Waals surface area (Å²) in [5, 5.41) is 0.572. The third-order valence-corrected chi connectivity index (χ3v) is 4.40. The molecule has 0 amide bonds. The molecule has 2 aromatic carbocycles. The Kier molecular flexibility index (Phi) is 3.97. The molecule has 6 heteroatoms. The van der Waals surface area contributed by atoms with Gasteiger partial charge in [0.1, 0.15) is 11.9 Å². The van der Waals surface area contributed by atoms with Crippen molar-refractivity contribution in [3.63, 3.8) is 0 Å². The fourth-order valence-electron chi connectivity index (χ4n) is 3.21. The average Bonchev–Trinajstić information content (AvgIpc) is 2.62. The van der Waals surface area contributed by atoms with Crippen molar-refractivity contribution in [2.45, 2.75) is 19.1 Å². The van der Waals surface area contributed by atoms with E-state index in [4.69, 9.17) is 4.74 Å². The summed E-state index contributed by atoms with van der Waals surface area (Å²) in [6.07, 6.45) is -0.248. The average molecular weight is 339 g/mol. The Bertz CT molecular complexity index is 955. The van der Waals surface area contributed by atoms with Crippen molar-refractivity contribution < 1.29 is 9.13 Å². The van der Waals surface area contributed by atoms with E-state index in [1.165, 1.54) is 12.1 Å². The van der Waals surface area contributed by atoms with E-state index >= 15 is 0 Å². The second-order valence-electron chi connectivity index (χ2n) is 6.30. The number of nitrogens with zero attached hydrogens (tertiary/aromatic N) is 2. The van der Waals surface area contributed by atoms with Gasteiger partial charge in [-0.05, 0) is 36.8 Å². The summed E-state index contributed by atoms with van der Waals surface area (Å²) in [6, 6.07) is 13.6. The Balaban J connectivity index is 1.68. The Morgan fingerprint density at radius 2 is 1.92 bits per heavy atom. The number of anilines is 1. The molecule has 0 aliphatic carbocycles. The Morgan fingerprint density at radius 1 is 1.16 bits per heavy atom. The number of hydrogen-bond donors (Lipinski definition) is 1. The van der Waals surface area contributed by atoms with Crippen LogP contribution in [-0.4, -0.2) is 29.2 Å². The summed E-state index contributed by atoms with van der Waals surface area (Å²) in [5.74, 6) is 0.260. The van der Waals surface area contributed by atoms with Gasteiger partial charge in [0.05, 0.1) is 23.6 Å². The van der Waals surface area contributed by atoms with Crippen molar-refractivity contribution in [3.8, 4) is 0 Å². The van der Waals surface area contributed by atoms with Gasteiger partial charge in [-0.1, -0.05) is 24.3 Å². The predicted molar refractivity (Wildman–Crippen MR) is 94.3 cm³/mol. The summed E-state index contributed by atoms with van der Waals surface area (Å²) in [4.78, 5) is 21.8. The van der Waals surface area contributed by atoms with Crippen LogP contribution in [0.15, 0.2) is 53.3 Å². The van der Waals surface area contributed by atoms with Gasteiger partial charge in [0.15, 0.2) is 0 Å². The van der Waals surface area contributed by atoms with Gasteiger partial charge in [0.25, 0.3) is 5.56 Å². The molecular formula is C19H18FN3O2. The summed E-state index contributed by atoms with van der Waals surface area (Å²) >= 11 is 0. The van der Waals surface area contributed by atoms with Crippen molar-refractivity contribution in [1.29, 1.82) is 0 Å². The number of para-hydroxylation sites is 1. The summed E-state index contributed by atoms with van der Waals surface area (Å²) in [7, 11) is 0. The molecule has 0 radical (unpaired) electrons. The maximum atomic E-state index is 13.2. The van der Waals surface area contributed by atoms with Crippen LogP contribution in [0.3, 0.4) is 0 Å². The molecular weight excluding hydrogens is 321 g/mol. The number of ether oxygens (including phenoxy) is 1. The number of benzene rings is 2. The number of hydrogen-bond acceptors (Lipinski definition) is 4. The first-order valence-electron chi connectivity index (χ1n) is 8.25. The van der Waals surface area contributed by atoms with Gasteiger partial charge in [-0.15, -0.1) is 0 Å². The van der Waals surface area contributed by atoms with Crippen LogP contribution in [0.1, 0.15) is 18.6 Å². The minimum absolute atomic E-state index is 0.0411. The SMILES string of the molecule is CC1CN(c2nc3ccccc3c(=O)[nH]2)CC(c2ccc(F)cc2)O1. The van der Waals surface area contributed by atoms with Gasteiger partial charge in [0, 0.05) is 6.54 Å². The van der Waals surface area contributed by atoms with E-state index in [1.807, 2.05) is 30.0 Å². The van der Waals surface area contributed by atoms with E-state index in [2.05, 4.69) is 9.97 Å². The van der Waals surface area contributed by atoms with Crippen molar-refractivity contribution in [2.75, 3.05) is 18.0 Å². The Morgan fingerprint density at radius 3 is 2.72 bits per heavy atom. The lowest BCUT2D eigenvalue weighted by Crippen LogP contribution is -2.44. The van der Waals surface area contributed by atoms with Crippen LogP contribution in [0.5, 0.6) is 0 Å². The summed E-state index contributed by atoms with van der Waals surface area (Å²) in [5.41, 5.74) is 1.41. The zero-order valence-electron chi connectivity index (χ0n) is 13.8. The second kappa shape index (κ2) is 6.29. The van der Waals surface area contributed by atoms with Gasteiger partial charge in [-0.25, -0.2) is 9.37 Å². The number of H-pyrrole nitrogens is 1. The lowest BCUT2D eigenvalue weighted by molar-refractivity contribution is -0.0178. The molecule has 0 saturated carbocycles. The van der Waals surface area contributed by atoms with Crippen LogP contribution in [0.2, 0.25) is 0 Å². The van der Waals surface area contributed by atoms with E-state index in [9.17, 15) is 9.18 Å². The fourth-order valence-corrected chi connectivity index (χ4v) is 3.21. The topological polar surface area (TPSA) is 58.2 Å². The van der Waals surface area contributed by atoms with Crippen molar-refractivity contribution in [2.24, 2.45) is 0 Å². The third kappa shape index (κ3) is 3.13. The van der Waals surface area contributed by atoms with Crippen LogP contribution in [-0.2, 0) is 4.74 Å². The molecule has 128 valence electrons. The van der Waals surface area contributed by atoms with Gasteiger partial charge in [-0.3, -0.25) is 9.78 Å². The molecule has 1 saturated heterocycles. The van der Waals surface area contributed by atoms with E-state index < -0.39 is 0 Å². The molecule has 4 rings (SSSR count). The van der Waals surface area contributed by atoms with E-state index in [0.717, 1.165) is 5.56 Å². The zero-order valence-corrected chi connectivity index (χ0v) is 13.8. The number of halogens is 1.